The van der Waals surface area contributed by atoms with Gasteiger partial charge >= 0.3 is 0 Å². The van der Waals surface area contributed by atoms with Crippen molar-refractivity contribution in [2.45, 2.75) is 90.5 Å². The molecule has 0 aliphatic carbocycles. The number of hydrogen-bond acceptors (Lipinski definition) is 0. The van der Waals surface area contributed by atoms with E-state index in [2.05, 4.69) is 51.9 Å². The molecule has 0 spiro atoms. The van der Waals surface area contributed by atoms with Crippen molar-refractivity contribution in [3.05, 3.63) is 42.0 Å². The summed E-state index contributed by atoms with van der Waals surface area (Å²) in [6.07, 6.45) is 19.0. The Morgan fingerprint density at radius 2 is 1.19 bits per heavy atom. The Morgan fingerprint density at radius 3 is 1.63 bits per heavy atom. The lowest BCUT2D eigenvalue weighted by Gasteiger charge is -2.30. The second kappa shape index (κ2) is 16.2. The van der Waals surface area contributed by atoms with Gasteiger partial charge in [-0.3, -0.25) is 0 Å². The number of nitrogens with zero attached hydrogens (tertiary/aromatic N) is 1. The molecule has 0 unspecified atom stereocenters. The van der Waals surface area contributed by atoms with E-state index in [1.165, 1.54) is 94.7 Å². The summed E-state index contributed by atoms with van der Waals surface area (Å²) >= 11 is 0. The van der Waals surface area contributed by atoms with E-state index in [1.807, 2.05) is 6.08 Å². The molecule has 0 atom stereocenters. The van der Waals surface area contributed by atoms with Crippen LogP contribution in [0.15, 0.2) is 30.8 Å². The molecule has 0 aromatic heterocycles. The summed E-state index contributed by atoms with van der Waals surface area (Å²) in [4.78, 5) is 0. The smallest absolute Gasteiger partial charge is 0.104 e. The van der Waals surface area contributed by atoms with Crippen molar-refractivity contribution >= 4 is 6.08 Å². The number of hydrogen-bond donors (Lipinski definition) is 0. The summed E-state index contributed by atoms with van der Waals surface area (Å²) in [6.45, 7) is 8.52. The van der Waals surface area contributed by atoms with Crippen molar-refractivity contribution in [1.29, 1.82) is 0 Å². The van der Waals surface area contributed by atoms with Gasteiger partial charge in [0.15, 0.2) is 0 Å². The third-order valence-electron chi connectivity index (χ3n) is 5.44. The molecule has 1 aromatic carbocycles. The summed E-state index contributed by atoms with van der Waals surface area (Å²) in [6, 6.07) is 8.84. The Balaban J connectivity index is 0.00000676. The normalized spacial score (nSPS) is 11.2. The maximum atomic E-state index is 3.83. The predicted molar refractivity (Wildman–Crippen MR) is 118 cm³/mol. The van der Waals surface area contributed by atoms with Gasteiger partial charge in [0, 0.05) is 5.56 Å². The highest BCUT2D eigenvalue weighted by Crippen LogP contribution is 2.15. The second-order valence-electron chi connectivity index (χ2n) is 8.65. The summed E-state index contributed by atoms with van der Waals surface area (Å²) in [5.41, 5.74) is 2.64. The van der Waals surface area contributed by atoms with Crippen LogP contribution in [0.25, 0.3) is 6.08 Å². The summed E-state index contributed by atoms with van der Waals surface area (Å²) in [7, 11) is 4.72. The number of benzene rings is 1. The molecule has 27 heavy (non-hydrogen) atoms. The quantitative estimate of drug-likeness (QED) is 0.284. The van der Waals surface area contributed by atoms with E-state index in [4.69, 9.17) is 0 Å². The van der Waals surface area contributed by atoms with Gasteiger partial charge in [0.25, 0.3) is 0 Å². The first-order valence-electron chi connectivity index (χ1n) is 11.1. The molecule has 0 saturated heterocycles. The minimum Gasteiger partial charge on any atom is -1.00 e. The van der Waals surface area contributed by atoms with E-state index in [-0.39, 0.29) is 12.4 Å². The van der Waals surface area contributed by atoms with Crippen molar-refractivity contribution in [2.24, 2.45) is 0 Å². The largest absolute Gasteiger partial charge is 1.00 e. The van der Waals surface area contributed by atoms with Crippen LogP contribution in [0.5, 0.6) is 0 Å². The minimum absolute atomic E-state index is 0. The van der Waals surface area contributed by atoms with Gasteiger partial charge in [-0.15, -0.1) is 0 Å². The maximum Gasteiger partial charge on any atom is 0.104 e. The van der Waals surface area contributed by atoms with Gasteiger partial charge in [-0.25, -0.2) is 0 Å². The second-order valence-corrected chi connectivity index (χ2v) is 8.65. The van der Waals surface area contributed by atoms with Gasteiger partial charge < -0.3 is 16.9 Å². The van der Waals surface area contributed by atoms with Gasteiger partial charge in [-0.2, -0.15) is 0 Å². The highest BCUT2D eigenvalue weighted by atomic mass is 35.5. The van der Waals surface area contributed by atoms with E-state index in [1.54, 1.807) is 0 Å². The summed E-state index contributed by atoms with van der Waals surface area (Å²) in [5, 5.41) is 0. The molecule has 0 radical (unpaired) electrons. The lowest BCUT2D eigenvalue weighted by atomic mass is 10.0. The zero-order chi connectivity index (χ0) is 19.1. The fourth-order valence-electron chi connectivity index (χ4n) is 3.71. The molecule has 1 nitrogen and oxygen atoms in total. The van der Waals surface area contributed by atoms with Gasteiger partial charge in [0.1, 0.15) is 6.54 Å². The average molecular weight is 394 g/mol. The summed E-state index contributed by atoms with van der Waals surface area (Å²) < 4.78 is 1.09. The Labute approximate surface area is 176 Å². The van der Waals surface area contributed by atoms with E-state index >= 15 is 0 Å². The van der Waals surface area contributed by atoms with E-state index in [0.29, 0.717) is 0 Å². The lowest BCUT2D eigenvalue weighted by Crippen LogP contribution is -3.00. The maximum absolute atomic E-state index is 3.83. The predicted octanol–water partition coefficient (Wildman–Crippen LogP) is 4.61. The minimum atomic E-state index is 0. The molecular weight excluding hydrogens is 350 g/mol. The Morgan fingerprint density at radius 1 is 0.741 bits per heavy atom. The van der Waals surface area contributed by atoms with Crippen LogP contribution in [0.3, 0.4) is 0 Å². The Kier molecular flexibility index (Phi) is 15.7. The van der Waals surface area contributed by atoms with Crippen LogP contribution in [-0.4, -0.2) is 25.1 Å². The van der Waals surface area contributed by atoms with Crippen molar-refractivity contribution in [3.63, 3.8) is 0 Å². The topological polar surface area (TPSA) is 0 Å². The highest BCUT2D eigenvalue weighted by Gasteiger charge is 2.15. The monoisotopic (exact) mass is 393 g/mol. The highest BCUT2D eigenvalue weighted by molar-refractivity contribution is 5.47. The zero-order valence-corrected chi connectivity index (χ0v) is 19.1. The van der Waals surface area contributed by atoms with Crippen LogP contribution in [0.1, 0.15) is 95.1 Å². The number of halogens is 1. The van der Waals surface area contributed by atoms with E-state index < -0.39 is 0 Å². The van der Waals surface area contributed by atoms with Gasteiger partial charge in [-0.1, -0.05) is 108 Å². The molecule has 0 aliphatic heterocycles. The van der Waals surface area contributed by atoms with Crippen LogP contribution < -0.4 is 12.4 Å². The molecule has 0 saturated carbocycles. The standard InChI is InChI=1S/C25H44N.ClH/c1-5-7-8-9-10-11-12-13-14-15-16-17-22-26(3,4)23-25-20-18-24(6-2)19-21-25;/h6,18-21H,2,5,7-17,22-23H2,1,3-4H3;1H/q+1;/p-1. The van der Waals surface area contributed by atoms with E-state index in [9.17, 15) is 0 Å². The molecular formula is C25H44ClN. The molecule has 0 heterocycles. The fourth-order valence-corrected chi connectivity index (χ4v) is 3.71. The third-order valence-corrected chi connectivity index (χ3v) is 5.44. The molecule has 1 rings (SSSR count). The average Bonchev–Trinajstić information content (AvgIpc) is 2.63. The van der Waals surface area contributed by atoms with Gasteiger partial charge in [0.2, 0.25) is 0 Å². The summed E-state index contributed by atoms with van der Waals surface area (Å²) in [5.74, 6) is 0. The van der Waals surface area contributed by atoms with Crippen LogP contribution in [0.4, 0.5) is 0 Å². The molecule has 156 valence electrons. The number of quaternary nitrogens is 1. The van der Waals surface area contributed by atoms with Crippen molar-refractivity contribution in [2.75, 3.05) is 20.6 Å². The first-order chi connectivity index (χ1) is 12.6. The molecule has 0 amide bonds. The molecule has 0 fully saturated rings. The SMILES string of the molecule is C=Cc1ccc(C[N+](C)(C)CCCCCCCCCCCCCC)cc1.[Cl-]. The van der Waals surface area contributed by atoms with Crippen LogP contribution in [0, 0.1) is 0 Å². The molecule has 1 aromatic rings. The fraction of sp³-hybridized carbons (Fsp3) is 0.680. The molecule has 2 heteroatoms. The van der Waals surface area contributed by atoms with Crippen molar-refractivity contribution in [3.8, 4) is 0 Å². The van der Waals surface area contributed by atoms with Crippen LogP contribution >= 0.6 is 0 Å². The van der Waals surface area contributed by atoms with Crippen LogP contribution in [0.2, 0.25) is 0 Å². The Bertz CT molecular complexity index is 464. The van der Waals surface area contributed by atoms with E-state index in [0.717, 1.165) is 11.0 Å². The first kappa shape index (κ1) is 26.2. The van der Waals surface area contributed by atoms with Crippen molar-refractivity contribution in [1.82, 2.24) is 0 Å². The number of unbranched alkanes of at least 4 members (excludes halogenated alkanes) is 11. The van der Waals surface area contributed by atoms with Crippen LogP contribution in [-0.2, 0) is 6.54 Å². The Hall–Kier alpha value is -0.790. The number of rotatable bonds is 16. The third kappa shape index (κ3) is 13.9. The molecule has 0 N–H and O–H groups in total. The van der Waals surface area contributed by atoms with Gasteiger partial charge in [-0.05, 0) is 18.4 Å². The lowest BCUT2D eigenvalue weighted by molar-refractivity contribution is -0.903. The van der Waals surface area contributed by atoms with Gasteiger partial charge in [0.05, 0.1) is 20.6 Å². The molecule has 0 bridgehead atoms. The zero-order valence-electron chi connectivity index (χ0n) is 18.3. The molecule has 0 aliphatic rings. The first-order valence-corrected chi connectivity index (χ1v) is 11.1. The van der Waals surface area contributed by atoms with Crippen molar-refractivity contribution < 1.29 is 16.9 Å².